The number of rotatable bonds is 2. The van der Waals surface area contributed by atoms with Crippen LogP contribution in [0.1, 0.15) is 20.7 Å². The number of carboxylic acids is 2. The average Bonchev–Trinajstić information content (AvgIpc) is 2.40. The van der Waals surface area contributed by atoms with Crippen molar-refractivity contribution in [3.63, 3.8) is 0 Å². The number of nitrogen functional groups attached to an aromatic ring is 2. The molecule has 0 saturated heterocycles. The van der Waals surface area contributed by atoms with Gasteiger partial charge >= 0.3 is 11.9 Å². The molecule has 0 bridgehead atoms. The van der Waals surface area contributed by atoms with Gasteiger partial charge in [-0.15, -0.1) is 0 Å². The summed E-state index contributed by atoms with van der Waals surface area (Å²) in [5.41, 5.74) is 11.6. The predicted octanol–water partition coefficient (Wildman–Crippen LogP) is 1.93. The maximum Gasteiger partial charge on any atom is 0.337 e. The van der Waals surface area contributed by atoms with Crippen molar-refractivity contribution in [3.8, 4) is 0 Å². The normalized spacial score (nSPS) is 8.76. The average molecular weight is 340 g/mol. The molecular formula is C14H14N2O4Zn. The van der Waals surface area contributed by atoms with Crippen molar-refractivity contribution >= 4 is 23.3 Å². The molecule has 6 N–H and O–H groups in total. The first-order chi connectivity index (χ1) is 9.43. The van der Waals surface area contributed by atoms with Crippen LogP contribution in [0, 0.1) is 0 Å². The van der Waals surface area contributed by atoms with Crippen molar-refractivity contribution in [1.82, 2.24) is 0 Å². The summed E-state index contributed by atoms with van der Waals surface area (Å²) in [7, 11) is 0. The Morgan fingerprint density at radius 1 is 0.714 bits per heavy atom. The number of benzene rings is 2. The molecule has 6 nitrogen and oxygen atoms in total. The maximum absolute atomic E-state index is 10.3. The Morgan fingerprint density at radius 3 is 1.19 bits per heavy atom. The Balaban J connectivity index is 0.000000364. The first kappa shape index (κ1) is 18.6. The van der Waals surface area contributed by atoms with Crippen LogP contribution in [0.25, 0.3) is 0 Å². The fraction of sp³-hybridized carbons (Fsp3) is 0. The molecule has 21 heavy (non-hydrogen) atoms. The van der Waals surface area contributed by atoms with Gasteiger partial charge in [-0.05, 0) is 24.3 Å². The zero-order valence-electron chi connectivity index (χ0n) is 11.2. The second kappa shape index (κ2) is 8.71. The zero-order chi connectivity index (χ0) is 15.1. The van der Waals surface area contributed by atoms with Gasteiger partial charge in [-0.25, -0.2) is 9.59 Å². The van der Waals surface area contributed by atoms with Crippen LogP contribution in [0.3, 0.4) is 0 Å². The summed E-state index contributed by atoms with van der Waals surface area (Å²) in [6.45, 7) is 0. The second-order valence-electron chi connectivity index (χ2n) is 3.78. The number of carbonyl (C=O) groups is 2. The minimum atomic E-state index is -0.988. The number of aromatic carboxylic acids is 2. The molecule has 0 fully saturated rings. The summed E-state index contributed by atoms with van der Waals surface area (Å²) >= 11 is 0. The molecule has 0 aliphatic carbocycles. The molecule has 7 heteroatoms. The molecule has 0 aromatic heterocycles. The minimum Gasteiger partial charge on any atom is -0.478 e. The number of hydrogen-bond acceptors (Lipinski definition) is 4. The van der Waals surface area contributed by atoms with Gasteiger partial charge in [-0.3, -0.25) is 0 Å². The first-order valence-electron chi connectivity index (χ1n) is 5.59. The van der Waals surface area contributed by atoms with Gasteiger partial charge in [0.25, 0.3) is 0 Å². The standard InChI is InChI=1S/2C7H7NO2.Zn/c2*8-6-4-2-1-3-5(6)7(9)10;/h2*1-4H,8H2,(H,9,10);. The largest absolute Gasteiger partial charge is 0.478 e. The third-order valence-corrected chi connectivity index (χ3v) is 2.38. The smallest absolute Gasteiger partial charge is 0.337 e. The van der Waals surface area contributed by atoms with E-state index in [0.717, 1.165) is 0 Å². The van der Waals surface area contributed by atoms with E-state index in [4.69, 9.17) is 21.7 Å². The van der Waals surface area contributed by atoms with Gasteiger partial charge in [0.05, 0.1) is 11.1 Å². The van der Waals surface area contributed by atoms with Crippen LogP contribution in [-0.4, -0.2) is 22.2 Å². The fourth-order valence-corrected chi connectivity index (χ4v) is 1.38. The summed E-state index contributed by atoms with van der Waals surface area (Å²) < 4.78 is 0. The van der Waals surface area contributed by atoms with Crippen LogP contribution < -0.4 is 11.5 Å². The van der Waals surface area contributed by atoms with Crippen molar-refractivity contribution in [1.29, 1.82) is 0 Å². The van der Waals surface area contributed by atoms with Crippen LogP contribution in [0.15, 0.2) is 48.5 Å². The number of hydrogen-bond donors (Lipinski definition) is 4. The Labute approximate surface area is 134 Å². The Morgan fingerprint density at radius 2 is 1.00 bits per heavy atom. The van der Waals surface area contributed by atoms with E-state index in [2.05, 4.69) is 0 Å². The van der Waals surface area contributed by atoms with Crippen LogP contribution in [0.5, 0.6) is 0 Å². The topological polar surface area (TPSA) is 127 Å². The summed E-state index contributed by atoms with van der Waals surface area (Å²) in [4.78, 5) is 20.7. The molecule has 0 aliphatic heterocycles. The molecule has 0 saturated carbocycles. The number of nitrogens with two attached hydrogens (primary N) is 2. The van der Waals surface area contributed by atoms with Gasteiger partial charge in [0.15, 0.2) is 0 Å². The van der Waals surface area contributed by atoms with Crippen molar-refractivity contribution in [2.75, 3.05) is 11.5 Å². The van der Waals surface area contributed by atoms with E-state index in [9.17, 15) is 9.59 Å². The minimum absolute atomic E-state index is 0. The van der Waals surface area contributed by atoms with Gasteiger partial charge in [-0.2, -0.15) is 0 Å². The number of anilines is 2. The summed E-state index contributed by atoms with van der Waals surface area (Å²) in [6.07, 6.45) is 0. The van der Waals surface area contributed by atoms with E-state index >= 15 is 0 Å². The van der Waals surface area contributed by atoms with E-state index in [1.165, 1.54) is 12.1 Å². The Bertz CT molecular complexity index is 576. The summed E-state index contributed by atoms with van der Waals surface area (Å²) in [5.74, 6) is -1.98. The van der Waals surface area contributed by atoms with Gasteiger partial charge in [0.2, 0.25) is 0 Å². The Kier molecular flexibility index (Phi) is 7.72. The van der Waals surface area contributed by atoms with E-state index in [1.807, 2.05) is 0 Å². The molecule has 0 amide bonds. The monoisotopic (exact) mass is 338 g/mol. The van der Waals surface area contributed by atoms with Crippen molar-refractivity contribution < 1.29 is 39.3 Å². The predicted molar refractivity (Wildman–Crippen MR) is 75.6 cm³/mol. The van der Waals surface area contributed by atoms with Gasteiger partial charge in [-0.1, -0.05) is 24.3 Å². The van der Waals surface area contributed by atoms with Crippen LogP contribution in [0.2, 0.25) is 0 Å². The molecular weight excluding hydrogens is 326 g/mol. The SMILES string of the molecule is Nc1ccccc1C(=O)O.Nc1ccccc1C(=O)O.[Zn]. The summed E-state index contributed by atoms with van der Waals surface area (Å²) in [5, 5.41) is 17.0. The van der Waals surface area contributed by atoms with Gasteiger partial charge in [0, 0.05) is 30.9 Å². The van der Waals surface area contributed by atoms with Crippen LogP contribution >= 0.6 is 0 Å². The van der Waals surface area contributed by atoms with Crippen molar-refractivity contribution in [2.24, 2.45) is 0 Å². The molecule has 0 unspecified atom stereocenters. The Hall–Kier alpha value is -2.40. The molecule has 2 aromatic rings. The van der Waals surface area contributed by atoms with Crippen molar-refractivity contribution in [3.05, 3.63) is 59.7 Å². The molecule has 2 rings (SSSR count). The molecule has 2 aromatic carbocycles. The maximum atomic E-state index is 10.3. The molecule has 0 spiro atoms. The van der Waals surface area contributed by atoms with E-state index in [-0.39, 0.29) is 30.6 Å². The quantitative estimate of drug-likeness (QED) is 0.489. The third kappa shape index (κ3) is 5.62. The fourth-order valence-electron chi connectivity index (χ4n) is 1.38. The number of para-hydroxylation sites is 2. The molecule has 0 atom stereocenters. The number of carboxylic acid groups (broad SMARTS) is 2. The molecule has 0 heterocycles. The van der Waals surface area contributed by atoms with Crippen molar-refractivity contribution in [2.45, 2.75) is 0 Å². The zero-order valence-corrected chi connectivity index (χ0v) is 14.2. The second-order valence-corrected chi connectivity index (χ2v) is 3.78. The van der Waals surface area contributed by atoms with Gasteiger partial charge < -0.3 is 21.7 Å². The van der Waals surface area contributed by atoms with Crippen LogP contribution in [-0.2, 0) is 19.5 Å². The van der Waals surface area contributed by atoms with E-state index in [0.29, 0.717) is 11.4 Å². The molecule has 0 radical (unpaired) electrons. The molecule has 0 aliphatic rings. The first-order valence-corrected chi connectivity index (χ1v) is 5.59. The molecule has 106 valence electrons. The summed E-state index contributed by atoms with van der Waals surface area (Å²) in [6, 6.07) is 12.7. The van der Waals surface area contributed by atoms with E-state index < -0.39 is 11.9 Å². The van der Waals surface area contributed by atoms with Gasteiger partial charge in [0.1, 0.15) is 0 Å². The third-order valence-electron chi connectivity index (χ3n) is 2.38. The van der Waals surface area contributed by atoms with E-state index in [1.54, 1.807) is 36.4 Å². The van der Waals surface area contributed by atoms with Crippen LogP contribution in [0.4, 0.5) is 11.4 Å².